The van der Waals surface area contributed by atoms with Crippen LogP contribution in [-0.4, -0.2) is 10.9 Å². The average molecular weight is 306 g/mol. The fraction of sp³-hybridized carbons (Fsp3) is 0.158. The molecule has 0 aliphatic rings. The number of amides is 1. The Bertz CT molecular complexity index is 941. The minimum Gasteiger partial charge on any atom is -0.348 e. The summed E-state index contributed by atoms with van der Waals surface area (Å²) in [6.45, 7) is 4.07. The van der Waals surface area contributed by atoms with Gasteiger partial charge in [-0.3, -0.25) is 9.59 Å². The van der Waals surface area contributed by atoms with Crippen LogP contribution in [0.4, 0.5) is 0 Å². The van der Waals surface area contributed by atoms with Gasteiger partial charge in [-0.05, 0) is 48.6 Å². The maximum atomic E-state index is 12.2. The number of pyridine rings is 1. The number of aryl methyl sites for hydroxylation is 2. The minimum atomic E-state index is -0.175. The molecule has 3 aromatic rings. The normalized spacial score (nSPS) is 10.7. The number of nitrogens with one attached hydrogen (secondary N) is 2. The van der Waals surface area contributed by atoms with Gasteiger partial charge in [0.1, 0.15) is 0 Å². The van der Waals surface area contributed by atoms with E-state index >= 15 is 0 Å². The first-order valence-electron chi connectivity index (χ1n) is 7.51. The van der Waals surface area contributed by atoms with Gasteiger partial charge in [-0.2, -0.15) is 0 Å². The lowest BCUT2D eigenvalue weighted by molar-refractivity contribution is 0.0950. The van der Waals surface area contributed by atoms with Crippen LogP contribution in [0, 0.1) is 13.8 Å². The molecule has 0 spiro atoms. The molecule has 23 heavy (non-hydrogen) atoms. The van der Waals surface area contributed by atoms with E-state index in [2.05, 4.69) is 10.3 Å². The van der Waals surface area contributed by atoms with E-state index in [9.17, 15) is 9.59 Å². The first-order valence-corrected chi connectivity index (χ1v) is 7.51. The van der Waals surface area contributed by atoms with E-state index in [1.54, 1.807) is 6.07 Å². The first kappa shape index (κ1) is 15.0. The Morgan fingerprint density at radius 3 is 2.65 bits per heavy atom. The van der Waals surface area contributed by atoms with Crippen molar-refractivity contribution in [1.29, 1.82) is 0 Å². The SMILES string of the molecule is Cc1ccc2cc(CNC(=O)c3ccccc3C)c(=O)[nH]c2c1. The summed E-state index contributed by atoms with van der Waals surface area (Å²) in [5, 5.41) is 3.77. The number of benzene rings is 2. The molecule has 0 fully saturated rings. The molecule has 0 saturated carbocycles. The smallest absolute Gasteiger partial charge is 0.253 e. The van der Waals surface area contributed by atoms with Crippen LogP contribution in [0.2, 0.25) is 0 Å². The summed E-state index contributed by atoms with van der Waals surface area (Å²) in [6.07, 6.45) is 0. The molecule has 1 aromatic heterocycles. The van der Waals surface area contributed by atoms with Crippen molar-refractivity contribution in [2.24, 2.45) is 0 Å². The van der Waals surface area contributed by atoms with Crippen molar-refractivity contribution in [1.82, 2.24) is 10.3 Å². The molecule has 1 heterocycles. The molecule has 3 rings (SSSR count). The van der Waals surface area contributed by atoms with E-state index in [4.69, 9.17) is 0 Å². The molecule has 116 valence electrons. The van der Waals surface area contributed by atoms with Crippen LogP contribution in [-0.2, 0) is 6.54 Å². The highest BCUT2D eigenvalue weighted by Crippen LogP contribution is 2.13. The van der Waals surface area contributed by atoms with Crippen molar-refractivity contribution in [3.8, 4) is 0 Å². The summed E-state index contributed by atoms with van der Waals surface area (Å²) in [5.41, 5.74) is 3.81. The summed E-state index contributed by atoms with van der Waals surface area (Å²) >= 11 is 0. The van der Waals surface area contributed by atoms with Gasteiger partial charge in [0.05, 0.1) is 0 Å². The molecule has 4 heteroatoms. The lowest BCUT2D eigenvalue weighted by atomic mass is 10.1. The third-order valence-electron chi connectivity index (χ3n) is 3.91. The van der Waals surface area contributed by atoms with Gasteiger partial charge in [0.2, 0.25) is 0 Å². The summed E-state index contributed by atoms with van der Waals surface area (Å²) in [5.74, 6) is -0.175. The van der Waals surface area contributed by atoms with Gasteiger partial charge in [-0.15, -0.1) is 0 Å². The molecular weight excluding hydrogens is 288 g/mol. The molecule has 0 unspecified atom stereocenters. The second-order valence-corrected chi connectivity index (χ2v) is 5.71. The van der Waals surface area contributed by atoms with Crippen LogP contribution < -0.4 is 10.9 Å². The summed E-state index contributed by atoms with van der Waals surface area (Å²) in [4.78, 5) is 27.3. The van der Waals surface area contributed by atoms with Gasteiger partial charge < -0.3 is 10.3 Å². The third-order valence-corrected chi connectivity index (χ3v) is 3.91. The number of rotatable bonds is 3. The zero-order chi connectivity index (χ0) is 16.4. The molecule has 1 amide bonds. The van der Waals surface area contributed by atoms with E-state index in [0.29, 0.717) is 11.1 Å². The molecule has 4 nitrogen and oxygen atoms in total. The Balaban J connectivity index is 1.83. The van der Waals surface area contributed by atoms with E-state index in [0.717, 1.165) is 22.0 Å². The lowest BCUT2D eigenvalue weighted by Crippen LogP contribution is -2.27. The predicted molar refractivity (Wildman–Crippen MR) is 91.7 cm³/mol. The Kier molecular flexibility index (Phi) is 3.98. The predicted octanol–water partition coefficient (Wildman–Crippen LogP) is 3.07. The Morgan fingerprint density at radius 2 is 1.87 bits per heavy atom. The highest BCUT2D eigenvalue weighted by Gasteiger charge is 2.09. The van der Waals surface area contributed by atoms with Crippen LogP contribution in [0.25, 0.3) is 10.9 Å². The number of aromatic amines is 1. The number of fused-ring (bicyclic) bond motifs is 1. The number of aromatic nitrogens is 1. The number of H-pyrrole nitrogens is 1. The zero-order valence-electron chi connectivity index (χ0n) is 13.1. The van der Waals surface area contributed by atoms with E-state index in [-0.39, 0.29) is 18.0 Å². The largest absolute Gasteiger partial charge is 0.348 e. The molecular formula is C19H18N2O2. The van der Waals surface area contributed by atoms with Crippen molar-refractivity contribution >= 4 is 16.8 Å². The second-order valence-electron chi connectivity index (χ2n) is 5.71. The van der Waals surface area contributed by atoms with Crippen LogP contribution in [0.5, 0.6) is 0 Å². The number of carbonyl (C=O) groups excluding carboxylic acids is 1. The van der Waals surface area contributed by atoms with Crippen LogP contribution in [0.3, 0.4) is 0 Å². The minimum absolute atomic E-state index is 0.173. The first-order chi connectivity index (χ1) is 11.0. The summed E-state index contributed by atoms with van der Waals surface area (Å²) in [7, 11) is 0. The lowest BCUT2D eigenvalue weighted by Gasteiger charge is -2.08. The van der Waals surface area contributed by atoms with Crippen molar-refractivity contribution in [3.05, 3.63) is 81.1 Å². The fourth-order valence-corrected chi connectivity index (χ4v) is 2.59. The van der Waals surface area contributed by atoms with Crippen LogP contribution >= 0.6 is 0 Å². The Hall–Kier alpha value is -2.88. The second kappa shape index (κ2) is 6.08. The highest BCUT2D eigenvalue weighted by atomic mass is 16.1. The van der Waals surface area contributed by atoms with Gasteiger partial charge in [0, 0.05) is 23.2 Å². The molecule has 0 atom stereocenters. The molecule has 0 saturated heterocycles. The van der Waals surface area contributed by atoms with Crippen molar-refractivity contribution in [2.45, 2.75) is 20.4 Å². The van der Waals surface area contributed by atoms with E-state index < -0.39 is 0 Å². The quantitative estimate of drug-likeness (QED) is 0.781. The summed E-state index contributed by atoms with van der Waals surface area (Å²) < 4.78 is 0. The number of hydrogen-bond acceptors (Lipinski definition) is 2. The van der Waals surface area contributed by atoms with Gasteiger partial charge in [-0.25, -0.2) is 0 Å². The Morgan fingerprint density at radius 1 is 1.09 bits per heavy atom. The third kappa shape index (κ3) is 3.16. The molecule has 0 aliphatic carbocycles. The molecule has 0 bridgehead atoms. The van der Waals surface area contributed by atoms with Gasteiger partial charge in [0.25, 0.3) is 11.5 Å². The van der Waals surface area contributed by atoms with E-state index in [1.165, 1.54) is 0 Å². The average Bonchev–Trinajstić information content (AvgIpc) is 2.53. The van der Waals surface area contributed by atoms with Crippen molar-refractivity contribution in [2.75, 3.05) is 0 Å². The maximum Gasteiger partial charge on any atom is 0.253 e. The maximum absolute atomic E-state index is 12.2. The van der Waals surface area contributed by atoms with Gasteiger partial charge in [-0.1, -0.05) is 30.3 Å². The van der Waals surface area contributed by atoms with E-state index in [1.807, 2.05) is 56.3 Å². The number of carbonyl (C=O) groups is 1. The van der Waals surface area contributed by atoms with Crippen molar-refractivity contribution < 1.29 is 4.79 Å². The monoisotopic (exact) mass is 306 g/mol. The van der Waals surface area contributed by atoms with Gasteiger partial charge >= 0.3 is 0 Å². The highest BCUT2D eigenvalue weighted by molar-refractivity contribution is 5.95. The van der Waals surface area contributed by atoms with Crippen LogP contribution in [0.1, 0.15) is 27.0 Å². The van der Waals surface area contributed by atoms with Gasteiger partial charge in [0.15, 0.2) is 0 Å². The van der Waals surface area contributed by atoms with Crippen LogP contribution in [0.15, 0.2) is 53.3 Å². The summed E-state index contributed by atoms with van der Waals surface area (Å²) in [6, 6.07) is 15.1. The Labute approximate surface area is 134 Å². The molecule has 0 radical (unpaired) electrons. The zero-order valence-corrected chi connectivity index (χ0v) is 13.1. The standard InChI is InChI=1S/C19H18N2O2/c1-12-7-8-14-10-15(18(22)21-17(14)9-12)11-20-19(23)16-6-4-3-5-13(16)2/h3-10H,11H2,1-2H3,(H,20,23)(H,21,22). The fourth-order valence-electron chi connectivity index (χ4n) is 2.59. The van der Waals surface area contributed by atoms with Crippen molar-refractivity contribution in [3.63, 3.8) is 0 Å². The molecule has 2 N–H and O–H groups in total. The molecule has 0 aliphatic heterocycles. The molecule has 2 aromatic carbocycles. The number of hydrogen-bond donors (Lipinski definition) is 2. The topological polar surface area (TPSA) is 62.0 Å².